The van der Waals surface area contributed by atoms with E-state index >= 15 is 0 Å². The summed E-state index contributed by atoms with van der Waals surface area (Å²) in [7, 11) is 0. The number of aryl methyl sites for hydroxylation is 1. The number of rotatable bonds is 4. The third kappa shape index (κ3) is 2.66. The maximum atomic E-state index is 4.73. The molecule has 0 radical (unpaired) electrons. The van der Waals surface area contributed by atoms with Gasteiger partial charge in [-0.25, -0.2) is 4.98 Å². The van der Waals surface area contributed by atoms with Crippen LogP contribution in [-0.4, -0.2) is 11.1 Å². The van der Waals surface area contributed by atoms with Crippen LogP contribution in [0.3, 0.4) is 0 Å². The third-order valence-corrected chi connectivity index (χ3v) is 4.81. The van der Waals surface area contributed by atoms with Crippen molar-refractivity contribution in [2.45, 2.75) is 32.9 Å². The van der Waals surface area contributed by atoms with Gasteiger partial charge in [0, 0.05) is 17.6 Å². The van der Waals surface area contributed by atoms with Crippen LogP contribution in [0, 0.1) is 0 Å². The highest BCUT2D eigenvalue weighted by atomic mass is 15.4. The number of hydrogen-bond acceptors (Lipinski definition) is 3. The smallest absolute Gasteiger partial charge is 0.158 e. The van der Waals surface area contributed by atoms with Gasteiger partial charge in [-0.3, -0.25) is 0 Å². The molecule has 0 N–H and O–H groups in total. The van der Waals surface area contributed by atoms with Crippen LogP contribution in [0.1, 0.15) is 25.8 Å². The molecule has 1 aromatic heterocycles. The third-order valence-electron chi connectivity index (χ3n) is 4.81. The first-order chi connectivity index (χ1) is 12.3. The fraction of sp³-hybridized carbons (Fsp3) is 0.227. The van der Waals surface area contributed by atoms with E-state index in [4.69, 9.17) is 4.98 Å². The topological polar surface area (TPSA) is 19.4 Å². The molecule has 3 nitrogen and oxygen atoms in total. The van der Waals surface area contributed by atoms with Crippen LogP contribution in [0.5, 0.6) is 0 Å². The van der Waals surface area contributed by atoms with Gasteiger partial charge in [0.2, 0.25) is 0 Å². The van der Waals surface area contributed by atoms with E-state index < -0.39 is 0 Å². The fourth-order valence-corrected chi connectivity index (χ4v) is 3.74. The van der Waals surface area contributed by atoms with E-state index in [9.17, 15) is 0 Å². The summed E-state index contributed by atoms with van der Waals surface area (Å²) >= 11 is 0. The Kier molecular flexibility index (Phi) is 4.14. The molecule has 0 aliphatic carbocycles. The van der Waals surface area contributed by atoms with Gasteiger partial charge in [-0.1, -0.05) is 49.7 Å². The Morgan fingerprint density at radius 3 is 2.36 bits per heavy atom. The second-order valence-corrected chi connectivity index (χ2v) is 6.43. The largest absolute Gasteiger partial charge is 0.317 e. The lowest BCUT2D eigenvalue weighted by molar-refractivity contribution is 0.751. The van der Waals surface area contributed by atoms with Crippen LogP contribution in [0.25, 0.3) is 0 Å². The van der Waals surface area contributed by atoms with E-state index in [1.807, 2.05) is 12.3 Å². The first kappa shape index (κ1) is 15.7. The second kappa shape index (κ2) is 6.60. The van der Waals surface area contributed by atoms with Gasteiger partial charge in [0.15, 0.2) is 5.82 Å². The number of fused-ring (bicyclic) bond motifs is 1. The summed E-state index contributed by atoms with van der Waals surface area (Å²) in [5.41, 5.74) is 4.99. The van der Waals surface area contributed by atoms with Crippen LogP contribution < -0.4 is 9.80 Å². The minimum Gasteiger partial charge on any atom is -0.317 e. The Balaban J connectivity index is 1.85. The number of hydrogen-bond donors (Lipinski definition) is 0. The summed E-state index contributed by atoms with van der Waals surface area (Å²) in [5, 5.41) is 0. The van der Waals surface area contributed by atoms with Crippen molar-refractivity contribution in [3.63, 3.8) is 0 Å². The predicted molar refractivity (Wildman–Crippen MR) is 105 cm³/mol. The Morgan fingerprint density at radius 2 is 1.56 bits per heavy atom. The number of anilines is 4. The highest BCUT2D eigenvalue weighted by Crippen LogP contribution is 2.46. The molecule has 3 heteroatoms. The van der Waals surface area contributed by atoms with Crippen molar-refractivity contribution in [3.8, 4) is 0 Å². The van der Waals surface area contributed by atoms with Gasteiger partial charge in [-0.15, -0.1) is 0 Å². The summed E-state index contributed by atoms with van der Waals surface area (Å²) < 4.78 is 0. The summed E-state index contributed by atoms with van der Waals surface area (Å²) in [6.45, 7) is 4.48. The maximum absolute atomic E-state index is 4.73. The summed E-state index contributed by atoms with van der Waals surface area (Å²) in [5.74, 6) is 1.03. The zero-order valence-corrected chi connectivity index (χ0v) is 14.8. The van der Waals surface area contributed by atoms with E-state index in [0.717, 1.165) is 24.3 Å². The quantitative estimate of drug-likeness (QED) is 0.615. The molecular weight excluding hydrogens is 306 g/mol. The van der Waals surface area contributed by atoms with Gasteiger partial charge >= 0.3 is 0 Å². The summed E-state index contributed by atoms with van der Waals surface area (Å²) in [4.78, 5) is 9.46. The van der Waals surface area contributed by atoms with Gasteiger partial charge in [-0.05, 0) is 49.2 Å². The molecule has 0 saturated carbocycles. The number of para-hydroxylation sites is 2. The molecule has 1 aliphatic rings. The van der Waals surface area contributed by atoms with Crippen molar-refractivity contribution in [2.75, 3.05) is 9.80 Å². The maximum Gasteiger partial charge on any atom is 0.158 e. The van der Waals surface area contributed by atoms with Crippen LogP contribution >= 0.6 is 0 Å². The number of aromatic nitrogens is 1. The van der Waals surface area contributed by atoms with Gasteiger partial charge < -0.3 is 9.80 Å². The Labute approximate surface area is 149 Å². The predicted octanol–water partition coefficient (Wildman–Crippen LogP) is 5.67. The average Bonchev–Trinajstić information content (AvgIpc) is 2.95. The Morgan fingerprint density at radius 1 is 0.840 bits per heavy atom. The molecule has 2 aromatic carbocycles. The molecule has 0 bridgehead atoms. The van der Waals surface area contributed by atoms with Crippen molar-refractivity contribution in [2.24, 2.45) is 0 Å². The molecule has 1 aliphatic heterocycles. The monoisotopic (exact) mass is 329 g/mol. The molecule has 1 unspecified atom stereocenters. The van der Waals surface area contributed by atoms with Gasteiger partial charge in [0.1, 0.15) is 6.17 Å². The highest BCUT2D eigenvalue weighted by molar-refractivity contribution is 5.86. The van der Waals surface area contributed by atoms with Crippen LogP contribution in [0.15, 0.2) is 72.9 Å². The molecule has 0 fully saturated rings. The summed E-state index contributed by atoms with van der Waals surface area (Å²) in [6.07, 6.45) is 4.27. The van der Waals surface area contributed by atoms with Crippen LogP contribution in [-0.2, 0) is 6.42 Å². The highest BCUT2D eigenvalue weighted by Gasteiger charge is 2.36. The average molecular weight is 329 g/mol. The minimum atomic E-state index is 0.172. The fourth-order valence-electron chi connectivity index (χ4n) is 3.74. The van der Waals surface area contributed by atoms with E-state index in [2.05, 4.69) is 84.3 Å². The van der Waals surface area contributed by atoms with Crippen molar-refractivity contribution in [3.05, 3.63) is 78.5 Å². The molecule has 25 heavy (non-hydrogen) atoms. The minimum absolute atomic E-state index is 0.172. The van der Waals surface area contributed by atoms with Crippen molar-refractivity contribution >= 4 is 22.9 Å². The van der Waals surface area contributed by atoms with E-state index in [1.165, 1.54) is 16.9 Å². The molecule has 1 atom stereocenters. The molecular formula is C22H23N3. The van der Waals surface area contributed by atoms with Gasteiger partial charge in [0.25, 0.3) is 0 Å². The SMILES string of the molecule is CCCc1ccccc1N1c2ncccc2N(c2ccccc2)C1C. The lowest BCUT2D eigenvalue weighted by atomic mass is 10.1. The van der Waals surface area contributed by atoms with E-state index in [1.54, 1.807) is 0 Å². The molecule has 126 valence electrons. The second-order valence-electron chi connectivity index (χ2n) is 6.43. The standard InChI is InChI=1S/C22H23N3/c1-3-10-18-11-7-8-14-20(18)25-17(2)24(19-12-5-4-6-13-19)21-15-9-16-23-22(21)25/h4-9,11-17H,3,10H2,1-2H3. The lowest BCUT2D eigenvalue weighted by Crippen LogP contribution is -2.35. The zero-order chi connectivity index (χ0) is 17.2. The van der Waals surface area contributed by atoms with Crippen molar-refractivity contribution in [1.29, 1.82) is 0 Å². The molecule has 0 amide bonds. The van der Waals surface area contributed by atoms with Gasteiger partial charge in [-0.2, -0.15) is 0 Å². The molecule has 3 aromatic rings. The first-order valence-corrected chi connectivity index (χ1v) is 8.97. The molecule has 4 rings (SSSR count). The van der Waals surface area contributed by atoms with E-state index in [0.29, 0.717) is 0 Å². The molecule has 0 spiro atoms. The van der Waals surface area contributed by atoms with Crippen molar-refractivity contribution < 1.29 is 0 Å². The number of benzene rings is 2. The molecule has 2 heterocycles. The first-order valence-electron chi connectivity index (χ1n) is 8.97. The molecule has 0 saturated heterocycles. The number of nitrogens with zero attached hydrogens (tertiary/aromatic N) is 3. The summed E-state index contributed by atoms with van der Waals surface area (Å²) in [6, 6.07) is 23.4. The van der Waals surface area contributed by atoms with Crippen LogP contribution in [0.4, 0.5) is 22.9 Å². The normalized spacial score (nSPS) is 16.2. The Hall–Kier alpha value is -2.81. The van der Waals surface area contributed by atoms with Crippen LogP contribution in [0.2, 0.25) is 0 Å². The van der Waals surface area contributed by atoms with Gasteiger partial charge in [0.05, 0.1) is 5.69 Å². The zero-order valence-electron chi connectivity index (χ0n) is 14.8. The number of pyridine rings is 1. The lowest BCUT2D eigenvalue weighted by Gasteiger charge is -2.31. The van der Waals surface area contributed by atoms with E-state index in [-0.39, 0.29) is 6.17 Å². The Bertz CT molecular complexity index is 860. The van der Waals surface area contributed by atoms with Crippen molar-refractivity contribution in [1.82, 2.24) is 4.98 Å².